The van der Waals surface area contributed by atoms with Crippen LogP contribution in [0.4, 0.5) is 0 Å². The first-order valence-corrected chi connectivity index (χ1v) is 6.12. The molecule has 16 heavy (non-hydrogen) atoms. The fourth-order valence-electron chi connectivity index (χ4n) is 2.10. The number of imidazole rings is 1. The average Bonchev–Trinajstić information content (AvgIpc) is 2.88. The van der Waals surface area contributed by atoms with Gasteiger partial charge in [-0.25, -0.2) is 4.98 Å². The van der Waals surface area contributed by atoms with E-state index in [9.17, 15) is 9.90 Å². The van der Waals surface area contributed by atoms with Crippen LogP contribution in [0.3, 0.4) is 0 Å². The van der Waals surface area contributed by atoms with Crippen molar-refractivity contribution in [2.45, 2.75) is 35.2 Å². The van der Waals surface area contributed by atoms with Crippen LogP contribution in [0.25, 0.3) is 0 Å². The monoisotopic (exact) mass is 241 g/mol. The summed E-state index contributed by atoms with van der Waals surface area (Å²) in [5.41, 5.74) is -0.746. The molecule has 5 nitrogen and oxygen atoms in total. The van der Waals surface area contributed by atoms with Crippen LogP contribution >= 0.6 is 11.8 Å². The van der Waals surface area contributed by atoms with Gasteiger partial charge in [0.15, 0.2) is 5.16 Å². The molecule has 1 aromatic heterocycles. The molecule has 2 unspecified atom stereocenters. The van der Waals surface area contributed by atoms with Gasteiger partial charge in [0.2, 0.25) is 0 Å². The van der Waals surface area contributed by atoms with Crippen LogP contribution in [0, 0.1) is 0 Å². The Hall–Kier alpha value is -1.01. The van der Waals surface area contributed by atoms with Gasteiger partial charge < -0.3 is 15.4 Å². The predicted octanol–water partition coefficient (Wildman–Crippen LogP) is 1.10. The van der Waals surface area contributed by atoms with E-state index in [0.717, 1.165) is 11.6 Å². The third-order valence-corrected chi connectivity index (χ3v) is 4.29. The Morgan fingerprint density at radius 1 is 1.81 bits per heavy atom. The number of aliphatic carboxylic acids is 1. The molecule has 88 valence electrons. The zero-order valence-corrected chi connectivity index (χ0v) is 9.88. The number of thioether (sulfide) groups is 1. The molecule has 1 fully saturated rings. The molecule has 6 heteroatoms. The van der Waals surface area contributed by atoms with Crippen LogP contribution in [-0.4, -0.2) is 38.9 Å². The number of aromatic amines is 1. The molecule has 0 spiro atoms. The zero-order valence-electron chi connectivity index (χ0n) is 9.06. The Balaban J connectivity index is 1.99. The summed E-state index contributed by atoms with van der Waals surface area (Å²) in [7, 11) is 1.72. The molecule has 2 rings (SSSR count). The van der Waals surface area contributed by atoms with Crippen LogP contribution < -0.4 is 5.32 Å². The summed E-state index contributed by atoms with van der Waals surface area (Å²) in [4.78, 5) is 18.4. The van der Waals surface area contributed by atoms with E-state index in [0.29, 0.717) is 18.1 Å². The maximum Gasteiger partial charge on any atom is 0.323 e. The summed E-state index contributed by atoms with van der Waals surface area (Å²) in [6.07, 6.45) is 5.71. The number of aromatic nitrogens is 2. The van der Waals surface area contributed by atoms with E-state index in [1.807, 2.05) is 0 Å². The van der Waals surface area contributed by atoms with Crippen molar-refractivity contribution in [3.8, 4) is 0 Å². The Morgan fingerprint density at radius 2 is 2.62 bits per heavy atom. The highest BCUT2D eigenvalue weighted by Gasteiger charge is 2.44. The minimum absolute atomic E-state index is 0.315. The molecule has 0 aliphatic heterocycles. The number of carboxylic acid groups (broad SMARTS) is 1. The van der Waals surface area contributed by atoms with Crippen molar-refractivity contribution in [1.82, 2.24) is 15.3 Å². The van der Waals surface area contributed by atoms with Gasteiger partial charge in [0.05, 0.1) is 0 Å². The fourth-order valence-corrected chi connectivity index (χ4v) is 3.28. The summed E-state index contributed by atoms with van der Waals surface area (Å²) in [6.45, 7) is 0. The second kappa shape index (κ2) is 4.47. The maximum atomic E-state index is 11.2. The first-order valence-electron chi connectivity index (χ1n) is 5.24. The van der Waals surface area contributed by atoms with Crippen LogP contribution in [0.5, 0.6) is 0 Å². The highest BCUT2D eigenvalue weighted by atomic mass is 32.2. The quantitative estimate of drug-likeness (QED) is 0.735. The smallest absolute Gasteiger partial charge is 0.323 e. The van der Waals surface area contributed by atoms with Gasteiger partial charge in [-0.3, -0.25) is 4.79 Å². The number of nitrogens with zero attached hydrogens (tertiary/aromatic N) is 1. The van der Waals surface area contributed by atoms with E-state index in [4.69, 9.17) is 0 Å². The van der Waals surface area contributed by atoms with Crippen molar-refractivity contribution in [2.75, 3.05) is 7.05 Å². The molecular weight excluding hydrogens is 226 g/mol. The minimum Gasteiger partial charge on any atom is -0.480 e. The van der Waals surface area contributed by atoms with Crippen molar-refractivity contribution in [3.63, 3.8) is 0 Å². The zero-order chi connectivity index (χ0) is 11.6. The molecule has 1 aromatic rings. The largest absolute Gasteiger partial charge is 0.480 e. The Labute approximate surface area is 98.0 Å². The third kappa shape index (κ3) is 2.08. The Morgan fingerprint density at radius 3 is 3.12 bits per heavy atom. The normalized spacial score (nSPS) is 29.4. The van der Waals surface area contributed by atoms with E-state index < -0.39 is 11.5 Å². The lowest BCUT2D eigenvalue weighted by Gasteiger charge is -2.23. The second-order valence-electron chi connectivity index (χ2n) is 4.01. The molecule has 1 saturated carbocycles. The SMILES string of the molecule is CNC1(C(=O)O)CCC(Sc2ncc[nH]2)C1. The van der Waals surface area contributed by atoms with Gasteiger partial charge in [-0.1, -0.05) is 11.8 Å². The van der Waals surface area contributed by atoms with E-state index in [-0.39, 0.29) is 0 Å². The van der Waals surface area contributed by atoms with Gasteiger partial charge in [-0.15, -0.1) is 0 Å². The lowest BCUT2D eigenvalue weighted by atomic mass is 9.99. The standard InChI is InChI=1S/C10H15N3O2S/c1-11-10(8(14)15)3-2-7(6-10)16-9-12-4-5-13-9/h4-5,7,11H,2-3,6H2,1H3,(H,12,13)(H,14,15). The topological polar surface area (TPSA) is 78.0 Å². The number of carbonyl (C=O) groups is 1. The molecule has 0 aromatic carbocycles. The van der Waals surface area contributed by atoms with Crippen molar-refractivity contribution >= 4 is 17.7 Å². The minimum atomic E-state index is -0.752. The van der Waals surface area contributed by atoms with Gasteiger partial charge in [-0.05, 0) is 26.3 Å². The van der Waals surface area contributed by atoms with Gasteiger partial charge in [0.25, 0.3) is 0 Å². The number of carboxylic acids is 1. The number of likely N-dealkylation sites (N-methyl/N-ethyl adjacent to an activating group) is 1. The molecular formula is C10H15N3O2S. The van der Waals surface area contributed by atoms with Gasteiger partial charge in [-0.2, -0.15) is 0 Å². The summed E-state index contributed by atoms with van der Waals surface area (Å²) < 4.78 is 0. The molecule has 0 radical (unpaired) electrons. The van der Waals surface area contributed by atoms with E-state index in [1.165, 1.54) is 0 Å². The predicted molar refractivity (Wildman–Crippen MR) is 61.5 cm³/mol. The third-order valence-electron chi connectivity index (χ3n) is 3.11. The lowest BCUT2D eigenvalue weighted by molar-refractivity contribution is -0.144. The lowest BCUT2D eigenvalue weighted by Crippen LogP contribution is -2.48. The van der Waals surface area contributed by atoms with Crippen molar-refractivity contribution in [2.24, 2.45) is 0 Å². The summed E-state index contributed by atoms with van der Waals surface area (Å²) in [5, 5.41) is 13.3. The van der Waals surface area contributed by atoms with E-state index >= 15 is 0 Å². The summed E-state index contributed by atoms with van der Waals surface area (Å²) in [5.74, 6) is -0.752. The maximum absolute atomic E-state index is 11.2. The first kappa shape index (κ1) is 11.5. The number of hydrogen-bond acceptors (Lipinski definition) is 4. The Bertz CT molecular complexity index is 368. The number of H-pyrrole nitrogens is 1. The molecule has 0 amide bonds. The Kier molecular flexibility index (Phi) is 3.20. The number of nitrogens with one attached hydrogen (secondary N) is 2. The van der Waals surface area contributed by atoms with E-state index in [2.05, 4.69) is 15.3 Å². The van der Waals surface area contributed by atoms with Crippen LogP contribution in [-0.2, 0) is 4.79 Å². The molecule has 0 saturated heterocycles. The van der Waals surface area contributed by atoms with E-state index in [1.54, 1.807) is 31.2 Å². The van der Waals surface area contributed by atoms with Gasteiger partial charge >= 0.3 is 5.97 Å². The van der Waals surface area contributed by atoms with Crippen LogP contribution in [0.2, 0.25) is 0 Å². The molecule has 3 N–H and O–H groups in total. The summed E-state index contributed by atoms with van der Waals surface area (Å²) in [6, 6.07) is 0. The van der Waals surface area contributed by atoms with Crippen molar-refractivity contribution < 1.29 is 9.90 Å². The number of hydrogen-bond donors (Lipinski definition) is 3. The van der Waals surface area contributed by atoms with Crippen molar-refractivity contribution in [1.29, 1.82) is 0 Å². The fraction of sp³-hybridized carbons (Fsp3) is 0.600. The van der Waals surface area contributed by atoms with Crippen LogP contribution in [0.15, 0.2) is 17.6 Å². The highest BCUT2D eigenvalue weighted by Crippen LogP contribution is 2.39. The highest BCUT2D eigenvalue weighted by molar-refractivity contribution is 7.99. The molecule has 2 atom stereocenters. The van der Waals surface area contributed by atoms with Crippen LogP contribution in [0.1, 0.15) is 19.3 Å². The van der Waals surface area contributed by atoms with Gasteiger partial charge in [0.1, 0.15) is 5.54 Å². The first-order chi connectivity index (χ1) is 7.66. The molecule has 1 aliphatic rings. The summed E-state index contributed by atoms with van der Waals surface area (Å²) >= 11 is 1.62. The van der Waals surface area contributed by atoms with Gasteiger partial charge in [0, 0.05) is 17.6 Å². The number of rotatable bonds is 4. The average molecular weight is 241 g/mol. The second-order valence-corrected chi connectivity index (χ2v) is 5.30. The molecule has 1 heterocycles. The van der Waals surface area contributed by atoms with Crippen molar-refractivity contribution in [3.05, 3.63) is 12.4 Å². The molecule has 0 bridgehead atoms. The molecule has 1 aliphatic carbocycles.